The van der Waals surface area contributed by atoms with Crippen molar-refractivity contribution in [2.45, 2.75) is 29.8 Å². The summed E-state index contributed by atoms with van der Waals surface area (Å²) in [6.45, 7) is 0. The Morgan fingerprint density at radius 3 is 3.06 bits per heavy atom. The SMILES string of the molecule is Nc1ncnc(SCc2cn(C3CC3)nn2)n1. The first-order valence-electron chi connectivity index (χ1n) is 5.29. The minimum atomic E-state index is 0.240. The third-order valence-electron chi connectivity index (χ3n) is 2.40. The number of nitrogens with zero attached hydrogens (tertiary/aromatic N) is 6. The highest BCUT2D eigenvalue weighted by Crippen LogP contribution is 2.34. The van der Waals surface area contributed by atoms with E-state index in [2.05, 4.69) is 25.3 Å². The summed E-state index contributed by atoms with van der Waals surface area (Å²) in [4.78, 5) is 11.8. The van der Waals surface area contributed by atoms with Gasteiger partial charge in [0.05, 0.1) is 11.7 Å². The first-order valence-corrected chi connectivity index (χ1v) is 6.28. The Hall–Kier alpha value is -1.70. The third-order valence-corrected chi connectivity index (χ3v) is 3.29. The second kappa shape index (κ2) is 4.28. The van der Waals surface area contributed by atoms with E-state index in [4.69, 9.17) is 5.73 Å². The molecule has 3 rings (SSSR count). The zero-order valence-corrected chi connectivity index (χ0v) is 9.84. The van der Waals surface area contributed by atoms with E-state index in [-0.39, 0.29) is 5.95 Å². The zero-order valence-electron chi connectivity index (χ0n) is 9.02. The molecule has 0 radical (unpaired) electrons. The number of nitrogen functional groups attached to an aromatic ring is 1. The molecule has 1 saturated carbocycles. The van der Waals surface area contributed by atoms with Crippen molar-refractivity contribution < 1.29 is 0 Å². The van der Waals surface area contributed by atoms with Crippen LogP contribution in [0.5, 0.6) is 0 Å². The summed E-state index contributed by atoms with van der Waals surface area (Å²) in [7, 11) is 0. The lowest BCUT2D eigenvalue weighted by Crippen LogP contribution is -1.97. The molecule has 88 valence electrons. The molecular formula is C9H11N7S. The smallest absolute Gasteiger partial charge is 0.223 e. The molecule has 2 N–H and O–H groups in total. The van der Waals surface area contributed by atoms with Gasteiger partial charge in [-0.05, 0) is 12.8 Å². The Balaban J connectivity index is 1.62. The number of aromatic nitrogens is 6. The fraction of sp³-hybridized carbons (Fsp3) is 0.444. The van der Waals surface area contributed by atoms with Gasteiger partial charge in [0.1, 0.15) is 6.33 Å². The molecule has 0 saturated heterocycles. The number of thioether (sulfide) groups is 1. The summed E-state index contributed by atoms with van der Waals surface area (Å²) in [6, 6.07) is 0.564. The van der Waals surface area contributed by atoms with Crippen LogP contribution in [0.1, 0.15) is 24.6 Å². The highest BCUT2D eigenvalue weighted by molar-refractivity contribution is 7.98. The molecule has 2 heterocycles. The van der Waals surface area contributed by atoms with Crippen molar-refractivity contribution in [1.82, 2.24) is 29.9 Å². The Morgan fingerprint density at radius 2 is 2.29 bits per heavy atom. The Morgan fingerprint density at radius 1 is 1.41 bits per heavy atom. The van der Waals surface area contributed by atoms with Crippen molar-refractivity contribution in [3.63, 3.8) is 0 Å². The predicted molar refractivity (Wildman–Crippen MR) is 62.1 cm³/mol. The molecule has 0 atom stereocenters. The van der Waals surface area contributed by atoms with Crippen molar-refractivity contribution >= 4 is 17.7 Å². The number of hydrogen-bond acceptors (Lipinski definition) is 7. The van der Waals surface area contributed by atoms with Gasteiger partial charge in [-0.2, -0.15) is 4.98 Å². The Labute approximate surface area is 102 Å². The second-order valence-electron chi connectivity index (χ2n) is 3.84. The number of rotatable bonds is 4. The highest BCUT2D eigenvalue weighted by Gasteiger charge is 2.24. The molecule has 2 aromatic heterocycles. The van der Waals surface area contributed by atoms with Crippen molar-refractivity contribution in [2.24, 2.45) is 0 Å². The van der Waals surface area contributed by atoms with Crippen molar-refractivity contribution in [1.29, 1.82) is 0 Å². The van der Waals surface area contributed by atoms with Crippen LogP contribution in [0.25, 0.3) is 0 Å². The summed E-state index contributed by atoms with van der Waals surface area (Å²) >= 11 is 1.48. The average Bonchev–Trinajstić information content (AvgIpc) is 3.07. The van der Waals surface area contributed by atoms with E-state index in [0.717, 1.165) is 5.69 Å². The van der Waals surface area contributed by atoms with Crippen LogP contribution in [0.15, 0.2) is 17.7 Å². The maximum atomic E-state index is 5.47. The number of nitrogens with two attached hydrogens (primary N) is 1. The van der Waals surface area contributed by atoms with Crippen LogP contribution < -0.4 is 5.73 Å². The molecule has 0 spiro atoms. The maximum absolute atomic E-state index is 5.47. The highest BCUT2D eigenvalue weighted by atomic mass is 32.2. The van der Waals surface area contributed by atoms with Gasteiger partial charge in [-0.1, -0.05) is 17.0 Å². The van der Waals surface area contributed by atoms with Gasteiger partial charge < -0.3 is 5.73 Å². The fourth-order valence-electron chi connectivity index (χ4n) is 1.40. The summed E-state index contributed by atoms with van der Waals surface area (Å²) in [5, 5.41) is 8.80. The molecule has 0 amide bonds. The Bertz CT molecular complexity index is 522. The molecule has 7 nitrogen and oxygen atoms in total. The van der Waals surface area contributed by atoms with E-state index in [1.165, 1.54) is 30.9 Å². The molecule has 1 fully saturated rings. The van der Waals surface area contributed by atoms with Crippen molar-refractivity contribution in [3.05, 3.63) is 18.2 Å². The van der Waals surface area contributed by atoms with Crippen LogP contribution in [0.2, 0.25) is 0 Å². The molecule has 0 aliphatic heterocycles. The molecule has 0 aromatic carbocycles. The van der Waals surface area contributed by atoms with Gasteiger partial charge in [-0.25, -0.2) is 14.6 Å². The fourth-order valence-corrected chi connectivity index (χ4v) is 2.09. The van der Waals surface area contributed by atoms with E-state index in [1.54, 1.807) is 0 Å². The molecule has 1 aliphatic carbocycles. The monoisotopic (exact) mass is 249 g/mol. The largest absolute Gasteiger partial charge is 0.368 e. The van der Waals surface area contributed by atoms with Gasteiger partial charge >= 0.3 is 0 Å². The molecule has 2 aromatic rings. The van der Waals surface area contributed by atoms with Gasteiger partial charge in [0.2, 0.25) is 5.95 Å². The van der Waals surface area contributed by atoms with Crippen LogP contribution >= 0.6 is 11.8 Å². The maximum Gasteiger partial charge on any atom is 0.223 e. The second-order valence-corrected chi connectivity index (χ2v) is 4.78. The summed E-state index contributed by atoms with van der Waals surface area (Å²) in [5.41, 5.74) is 6.40. The quantitative estimate of drug-likeness (QED) is 0.795. The number of anilines is 1. The lowest BCUT2D eigenvalue weighted by Gasteiger charge is -1.97. The lowest BCUT2D eigenvalue weighted by atomic mass is 10.5. The van der Waals surface area contributed by atoms with Crippen molar-refractivity contribution in [2.75, 3.05) is 5.73 Å². The molecule has 0 bridgehead atoms. The van der Waals surface area contributed by atoms with E-state index < -0.39 is 0 Å². The van der Waals surface area contributed by atoms with Gasteiger partial charge in [-0.15, -0.1) is 5.10 Å². The van der Waals surface area contributed by atoms with E-state index in [0.29, 0.717) is 17.0 Å². The minimum Gasteiger partial charge on any atom is -0.368 e. The van der Waals surface area contributed by atoms with Gasteiger partial charge in [0.15, 0.2) is 5.16 Å². The van der Waals surface area contributed by atoms with Crippen LogP contribution in [0.3, 0.4) is 0 Å². The van der Waals surface area contributed by atoms with E-state index in [1.807, 2.05) is 10.9 Å². The number of hydrogen-bond donors (Lipinski definition) is 1. The molecule has 17 heavy (non-hydrogen) atoms. The van der Waals surface area contributed by atoms with Crippen LogP contribution in [0, 0.1) is 0 Å². The topological polar surface area (TPSA) is 95.4 Å². The Kier molecular flexibility index (Phi) is 2.63. The minimum absolute atomic E-state index is 0.240. The summed E-state index contributed by atoms with van der Waals surface area (Å²) in [6.07, 6.45) is 5.81. The van der Waals surface area contributed by atoms with Crippen LogP contribution in [-0.4, -0.2) is 29.9 Å². The zero-order chi connectivity index (χ0) is 11.7. The standard InChI is InChI=1S/C9H11N7S/c10-8-11-5-12-9(13-8)17-4-6-3-16(15-14-6)7-1-2-7/h3,5,7H,1-2,4H2,(H2,10,11,12,13). The summed E-state index contributed by atoms with van der Waals surface area (Å²) < 4.78 is 1.93. The molecule has 1 aliphatic rings. The van der Waals surface area contributed by atoms with Crippen molar-refractivity contribution in [3.8, 4) is 0 Å². The first-order chi connectivity index (χ1) is 8.31. The predicted octanol–water partition coefficient (Wildman–Crippen LogP) is 0.672. The van der Waals surface area contributed by atoms with E-state index in [9.17, 15) is 0 Å². The lowest BCUT2D eigenvalue weighted by molar-refractivity contribution is 0.610. The third kappa shape index (κ3) is 2.52. The normalized spacial score (nSPS) is 15.1. The molecular weight excluding hydrogens is 238 g/mol. The van der Waals surface area contributed by atoms with Crippen LogP contribution in [0.4, 0.5) is 5.95 Å². The first kappa shape index (κ1) is 10.5. The summed E-state index contributed by atoms with van der Waals surface area (Å²) in [5.74, 6) is 0.931. The average molecular weight is 249 g/mol. The van der Waals surface area contributed by atoms with E-state index >= 15 is 0 Å². The molecule has 8 heteroatoms. The van der Waals surface area contributed by atoms with Gasteiger partial charge in [0, 0.05) is 11.9 Å². The van der Waals surface area contributed by atoms with Gasteiger partial charge in [0.25, 0.3) is 0 Å². The molecule has 0 unspecified atom stereocenters. The van der Waals surface area contributed by atoms with Crippen LogP contribution in [-0.2, 0) is 5.75 Å². The van der Waals surface area contributed by atoms with Gasteiger partial charge in [-0.3, -0.25) is 0 Å².